The molecule has 3 aromatic rings. The summed E-state index contributed by atoms with van der Waals surface area (Å²) >= 11 is 5.92. The van der Waals surface area contributed by atoms with Gasteiger partial charge in [-0.1, -0.05) is 11.6 Å². The third kappa shape index (κ3) is 4.17. The number of nitrogens with zero attached hydrogens (tertiary/aromatic N) is 6. The molecule has 2 aromatic heterocycles. The Kier molecular flexibility index (Phi) is 5.17. The van der Waals surface area contributed by atoms with E-state index < -0.39 is 0 Å². The van der Waals surface area contributed by atoms with Crippen LogP contribution in [0.4, 0.5) is 0 Å². The van der Waals surface area contributed by atoms with E-state index in [2.05, 4.69) is 25.4 Å². The number of pyridine rings is 1. The number of halogens is 1. The molecule has 0 saturated carbocycles. The van der Waals surface area contributed by atoms with E-state index in [4.69, 9.17) is 16.3 Å². The standard InChI is InChI=1S/C18H19ClN6O2/c19-15-2-3-16(20-10-15)13-8-14-11-24(4-1-5-25-12-21-22-23-25)6-7-27-18(14)17(26)9-13/h2-3,8-10,12,26H,1,4-7,11H2. The van der Waals surface area contributed by atoms with Gasteiger partial charge < -0.3 is 9.84 Å². The summed E-state index contributed by atoms with van der Waals surface area (Å²) in [6, 6.07) is 7.33. The SMILES string of the molecule is Oc1cc(-c2ccc(Cl)cn2)cc2c1OCCN(CCCn1cnnn1)C2. The summed E-state index contributed by atoms with van der Waals surface area (Å²) in [4.78, 5) is 6.64. The maximum Gasteiger partial charge on any atom is 0.165 e. The van der Waals surface area contributed by atoms with Crippen molar-refractivity contribution in [2.45, 2.75) is 19.5 Å². The van der Waals surface area contributed by atoms with E-state index in [1.807, 2.05) is 12.1 Å². The molecule has 0 aliphatic carbocycles. The molecule has 27 heavy (non-hydrogen) atoms. The average molecular weight is 387 g/mol. The topological polar surface area (TPSA) is 89.2 Å². The first-order valence-electron chi connectivity index (χ1n) is 8.73. The number of fused-ring (bicyclic) bond motifs is 1. The largest absolute Gasteiger partial charge is 0.504 e. The number of phenols is 1. The minimum atomic E-state index is 0.134. The number of phenolic OH excluding ortho intramolecular Hbond substituents is 1. The van der Waals surface area contributed by atoms with Crippen LogP contribution in [0.5, 0.6) is 11.5 Å². The first kappa shape index (κ1) is 17.7. The minimum absolute atomic E-state index is 0.134. The van der Waals surface area contributed by atoms with Crippen LogP contribution >= 0.6 is 11.6 Å². The van der Waals surface area contributed by atoms with Crippen LogP contribution in [0.1, 0.15) is 12.0 Å². The molecule has 1 N–H and O–H groups in total. The van der Waals surface area contributed by atoms with Gasteiger partial charge in [-0.15, -0.1) is 5.10 Å². The van der Waals surface area contributed by atoms with Crippen LogP contribution in [-0.4, -0.2) is 54.9 Å². The summed E-state index contributed by atoms with van der Waals surface area (Å²) < 4.78 is 7.52. The van der Waals surface area contributed by atoms with E-state index in [0.717, 1.165) is 42.9 Å². The molecule has 0 atom stereocenters. The second-order valence-corrected chi connectivity index (χ2v) is 6.83. The molecule has 0 radical (unpaired) electrons. The van der Waals surface area contributed by atoms with Crippen molar-refractivity contribution in [3.63, 3.8) is 0 Å². The molecule has 4 rings (SSSR count). The molecule has 0 amide bonds. The van der Waals surface area contributed by atoms with E-state index in [1.165, 1.54) is 0 Å². The predicted octanol–water partition coefficient (Wildman–Crippen LogP) is 2.38. The van der Waals surface area contributed by atoms with Crippen molar-refractivity contribution >= 4 is 11.6 Å². The maximum absolute atomic E-state index is 10.4. The Morgan fingerprint density at radius 2 is 2.15 bits per heavy atom. The molecule has 0 fully saturated rings. The van der Waals surface area contributed by atoms with Crippen LogP contribution in [0.15, 0.2) is 36.8 Å². The molecule has 0 unspecified atom stereocenters. The number of aryl methyl sites for hydroxylation is 1. The summed E-state index contributed by atoms with van der Waals surface area (Å²) in [5.41, 5.74) is 2.54. The molecule has 3 heterocycles. The van der Waals surface area contributed by atoms with Crippen LogP contribution in [-0.2, 0) is 13.1 Å². The van der Waals surface area contributed by atoms with Crippen molar-refractivity contribution in [2.24, 2.45) is 0 Å². The summed E-state index contributed by atoms with van der Waals surface area (Å²) in [5.74, 6) is 0.686. The highest BCUT2D eigenvalue weighted by Crippen LogP contribution is 2.37. The number of aromatic hydroxyl groups is 1. The quantitative estimate of drug-likeness (QED) is 0.720. The number of benzene rings is 1. The number of hydrogen-bond acceptors (Lipinski definition) is 7. The van der Waals surface area contributed by atoms with Crippen molar-refractivity contribution in [2.75, 3.05) is 19.7 Å². The Balaban J connectivity index is 1.51. The zero-order valence-corrected chi connectivity index (χ0v) is 15.4. The molecule has 140 valence electrons. The maximum atomic E-state index is 10.4. The fourth-order valence-electron chi connectivity index (χ4n) is 3.18. The molecule has 9 heteroatoms. The van der Waals surface area contributed by atoms with Crippen LogP contribution in [0.2, 0.25) is 5.02 Å². The highest BCUT2D eigenvalue weighted by Gasteiger charge is 2.20. The van der Waals surface area contributed by atoms with Gasteiger partial charge in [-0.2, -0.15) is 0 Å². The molecule has 1 aliphatic heterocycles. The second kappa shape index (κ2) is 7.89. The smallest absolute Gasteiger partial charge is 0.165 e. The van der Waals surface area contributed by atoms with Gasteiger partial charge in [0.15, 0.2) is 11.5 Å². The van der Waals surface area contributed by atoms with Gasteiger partial charge in [0.2, 0.25) is 0 Å². The molecular weight excluding hydrogens is 368 g/mol. The summed E-state index contributed by atoms with van der Waals surface area (Å²) in [5, 5.41) is 22.2. The van der Waals surface area contributed by atoms with Gasteiger partial charge in [-0.25, -0.2) is 4.68 Å². The number of tetrazole rings is 1. The van der Waals surface area contributed by atoms with E-state index in [-0.39, 0.29) is 5.75 Å². The Morgan fingerprint density at radius 3 is 2.93 bits per heavy atom. The van der Waals surface area contributed by atoms with Crippen molar-refractivity contribution in [3.8, 4) is 22.8 Å². The van der Waals surface area contributed by atoms with Crippen LogP contribution in [0.25, 0.3) is 11.3 Å². The van der Waals surface area contributed by atoms with Gasteiger partial charge in [-0.3, -0.25) is 9.88 Å². The fourth-order valence-corrected chi connectivity index (χ4v) is 3.29. The Hall–Kier alpha value is -2.71. The molecule has 0 spiro atoms. The van der Waals surface area contributed by atoms with Crippen molar-refractivity contribution in [1.29, 1.82) is 0 Å². The molecule has 0 saturated heterocycles. The van der Waals surface area contributed by atoms with Gasteiger partial charge in [0.05, 0.1) is 10.7 Å². The molecule has 1 aliphatic rings. The first-order valence-corrected chi connectivity index (χ1v) is 9.10. The second-order valence-electron chi connectivity index (χ2n) is 6.40. The minimum Gasteiger partial charge on any atom is -0.504 e. The monoisotopic (exact) mass is 386 g/mol. The molecule has 0 bridgehead atoms. The lowest BCUT2D eigenvalue weighted by Crippen LogP contribution is -2.27. The first-order chi connectivity index (χ1) is 13.2. The lowest BCUT2D eigenvalue weighted by molar-refractivity contribution is 0.218. The molecular formula is C18H19ClN6O2. The fraction of sp³-hybridized carbons (Fsp3) is 0.333. The van der Waals surface area contributed by atoms with Crippen LogP contribution < -0.4 is 4.74 Å². The van der Waals surface area contributed by atoms with E-state index in [1.54, 1.807) is 29.3 Å². The number of aromatic nitrogens is 5. The highest BCUT2D eigenvalue weighted by atomic mass is 35.5. The van der Waals surface area contributed by atoms with Gasteiger partial charge in [0.25, 0.3) is 0 Å². The van der Waals surface area contributed by atoms with E-state index in [0.29, 0.717) is 23.9 Å². The number of ether oxygens (including phenoxy) is 1. The summed E-state index contributed by atoms with van der Waals surface area (Å²) in [6.45, 7) is 3.66. The molecule has 8 nitrogen and oxygen atoms in total. The van der Waals surface area contributed by atoms with Gasteiger partial charge in [0.1, 0.15) is 12.9 Å². The van der Waals surface area contributed by atoms with E-state index >= 15 is 0 Å². The van der Waals surface area contributed by atoms with Crippen molar-refractivity contribution in [1.82, 2.24) is 30.1 Å². The normalized spacial score (nSPS) is 14.4. The summed E-state index contributed by atoms with van der Waals surface area (Å²) in [7, 11) is 0. The number of hydrogen-bond donors (Lipinski definition) is 1. The predicted molar refractivity (Wildman–Crippen MR) is 99.6 cm³/mol. The zero-order valence-electron chi connectivity index (χ0n) is 14.6. The highest BCUT2D eigenvalue weighted by molar-refractivity contribution is 6.30. The zero-order chi connectivity index (χ0) is 18.6. The lowest BCUT2D eigenvalue weighted by atomic mass is 10.0. The van der Waals surface area contributed by atoms with Gasteiger partial charge in [-0.05, 0) is 41.1 Å². The van der Waals surface area contributed by atoms with E-state index in [9.17, 15) is 5.11 Å². The Bertz CT molecular complexity index is 901. The Morgan fingerprint density at radius 1 is 1.22 bits per heavy atom. The lowest BCUT2D eigenvalue weighted by Gasteiger charge is -2.19. The van der Waals surface area contributed by atoms with Gasteiger partial charge >= 0.3 is 0 Å². The van der Waals surface area contributed by atoms with Crippen molar-refractivity contribution in [3.05, 3.63) is 47.4 Å². The number of rotatable bonds is 5. The van der Waals surface area contributed by atoms with Crippen molar-refractivity contribution < 1.29 is 9.84 Å². The Labute approximate surface area is 161 Å². The third-order valence-electron chi connectivity index (χ3n) is 4.47. The summed E-state index contributed by atoms with van der Waals surface area (Å²) in [6.07, 6.45) is 4.14. The van der Waals surface area contributed by atoms with Crippen LogP contribution in [0.3, 0.4) is 0 Å². The average Bonchev–Trinajstić information content (AvgIpc) is 3.08. The van der Waals surface area contributed by atoms with Gasteiger partial charge in [0, 0.05) is 43.5 Å². The third-order valence-corrected chi connectivity index (χ3v) is 4.69. The van der Waals surface area contributed by atoms with Crippen LogP contribution in [0, 0.1) is 0 Å². The molecule has 1 aromatic carbocycles.